The van der Waals surface area contributed by atoms with Gasteiger partial charge < -0.3 is 0 Å². The fraction of sp³-hybridized carbons (Fsp3) is 0.167. The van der Waals surface area contributed by atoms with E-state index in [1.807, 2.05) is 0 Å². The first kappa shape index (κ1) is 20.2. The van der Waals surface area contributed by atoms with Crippen molar-refractivity contribution < 1.29 is 21.6 Å². The molecule has 2 aromatic carbocycles. The summed E-state index contributed by atoms with van der Waals surface area (Å²) in [6.07, 6.45) is -3.35. The molecule has 0 radical (unpaired) electrons. The van der Waals surface area contributed by atoms with Gasteiger partial charge in [-0.25, -0.2) is 13.1 Å². The van der Waals surface area contributed by atoms with E-state index in [0.717, 1.165) is 10.7 Å². The van der Waals surface area contributed by atoms with Crippen LogP contribution in [0.25, 0.3) is 5.69 Å². The molecule has 0 aliphatic rings. The number of aryl methyl sites for hydroxylation is 2. The normalized spacial score (nSPS) is 12.2. The van der Waals surface area contributed by atoms with Crippen LogP contribution in [0.2, 0.25) is 5.02 Å². The minimum Gasteiger partial charge on any atom is -0.280 e. The van der Waals surface area contributed by atoms with Gasteiger partial charge in [-0.3, -0.25) is 4.72 Å². The average molecular weight is 430 g/mol. The van der Waals surface area contributed by atoms with Gasteiger partial charge in [0, 0.05) is 16.9 Å². The molecule has 0 spiro atoms. The van der Waals surface area contributed by atoms with Gasteiger partial charge in [-0.05, 0) is 67.4 Å². The zero-order chi connectivity index (χ0) is 20.7. The van der Waals surface area contributed by atoms with Gasteiger partial charge in [0.25, 0.3) is 10.0 Å². The number of aromatic nitrogens is 2. The van der Waals surface area contributed by atoms with Crippen LogP contribution >= 0.6 is 11.6 Å². The maximum atomic E-state index is 12.7. The van der Waals surface area contributed by atoms with Crippen LogP contribution in [-0.2, 0) is 16.2 Å². The molecular weight excluding hydrogens is 415 g/mol. The number of hydrogen-bond acceptors (Lipinski definition) is 3. The zero-order valence-corrected chi connectivity index (χ0v) is 16.3. The van der Waals surface area contributed by atoms with Crippen LogP contribution in [-0.4, -0.2) is 18.2 Å². The number of benzene rings is 2. The van der Waals surface area contributed by atoms with Crippen LogP contribution in [0.5, 0.6) is 0 Å². The lowest BCUT2D eigenvalue weighted by molar-refractivity contribution is -0.141. The average Bonchev–Trinajstić information content (AvgIpc) is 3.09. The van der Waals surface area contributed by atoms with E-state index in [-0.39, 0.29) is 10.6 Å². The van der Waals surface area contributed by atoms with Crippen molar-refractivity contribution in [2.24, 2.45) is 0 Å². The van der Waals surface area contributed by atoms with Crippen molar-refractivity contribution in [3.05, 3.63) is 70.5 Å². The fourth-order valence-electron chi connectivity index (χ4n) is 2.56. The number of halogens is 4. The molecule has 0 aliphatic carbocycles. The summed E-state index contributed by atoms with van der Waals surface area (Å²) in [5, 5.41) is 3.94. The van der Waals surface area contributed by atoms with Gasteiger partial charge in [-0.2, -0.15) is 18.3 Å². The molecule has 3 aromatic rings. The third kappa shape index (κ3) is 4.15. The third-order valence-electron chi connectivity index (χ3n) is 4.01. The number of anilines is 1. The molecule has 0 saturated heterocycles. The molecule has 3 rings (SSSR count). The van der Waals surface area contributed by atoms with E-state index >= 15 is 0 Å². The molecule has 0 amide bonds. The van der Waals surface area contributed by atoms with E-state index < -0.39 is 21.9 Å². The Morgan fingerprint density at radius 1 is 1.04 bits per heavy atom. The second-order valence-electron chi connectivity index (χ2n) is 6.16. The summed E-state index contributed by atoms with van der Waals surface area (Å²) >= 11 is 6.01. The molecule has 28 heavy (non-hydrogen) atoms. The molecule has 1 N–H and O–H groups in total. The Morgan fingerprint density at radius 3 is 2.25 bits per heavy atom. The first-order chi connectivity index (χ1) is 13.0. The van der Waals surface area contributed by atoms with E-state index in [1.165, 1.54) is 36.5 Å². The Hall–Kier alpha value is -2.52. The Balaban J connectivity index is 1.84. The van der Waals surface area contributed by atoms with Gasteiger partial charge in [0.15, 0.2) is 5.69 Å². The predicted molar refractivity (Wildman–Crippen MR) is 100 cm³/mol. The van der Waals surface area contributed by atoms with E-state index in [1.54, 1.807) is 19.9 Å². The highest BCUT2D eigenvalue weighted by Crippen LogP contribution is 2.28. The highest BCUT2D eigenvalue weighted by Gasteiger charge is 2.33. The standard InChI is InChI=1S/C18H15ClF3N3O2S/c1-11-10-16(12(2)9-15(11)19)28(26,27)24-13-3-5-14(6-4-13)25-8-7-17(23-25)18(20,21)22/h3-10,24H,1-2H3. The lowest BCUT2D eigenvalue weighted by Crippen LogP contribution is -2.14. The summed E-state index contributed by atoms with van der Waals surface area (Å²) in [5.74, 6) is 0. The van der Waals surface area contributed by atoms with Crippen LogP contribution in [0.3, 0.4) is 0 Å². The molecule has 148 valence electrons. The van der Waals surface area contributed by atoms with E-state index in [0.29, 0.717) is 21.8 Å². The number of sulfonamides is 1. The molecule has 1 aromatic heterocycles. The van der Waals surface area contributed by atoms with Gasteiger partial charge >= 0.3 is 6.18 Å². The van der Waals surface area contributed by atoms with E-state index in [9.17, 15) is 21.6 Å². The number of alkyl halides is 3. The third-order valence-corrected chi connectivity index (χ3v) is 5.94. The van der Waals surface area contributed by atoms with Gasteiger partial charge in [-0.1, -0.05) is 11.6 Å². The van der Waals surface area contributed by atoms with Crippen molar-refractivity contribution in [1.82, 2.24) is 9.78 Å². The zero-order valence-electron chi connectivity index (χ0n) is 14.7. The van der Waals surface area contributed by atoms with Gasteiger partial charge in [0.1, 0.15) is 0 Å². The molecular formula is C18H15ClF3N3O2S. The van der Waals surface area contributed by atoms with Crippen molar-refractivity contribution in [3.8, 4) is 5.69 Å². The molecule has 1 heterocycles. The molecule has 5 nitrogen and oxygen atoms in total. The highest BCUT2D eigenvalue weighted by atomic mass is 35.5. The van der Waals surface area contributed by atoms with Crippen LogP contribution in [0, 0.1) is 13.8 Å². The maximum absolute atomic E-state index is 12.7. The molecule has 0 atom stereocenters. The van der Waals surface area contributed by atoms with Crippen LogP contribution in [0.4, 0.5) is 18.9 Å². The molecule has 0 unspecified atom stereocenters. The topological polar surface area (TPSA) is 64.0 Å². The quantitative estimate of drug-likeness (QED) is 0.637. The van der Waals surface area contributed by atoms with E-state index in [2.05, 4.69) is 9.82 Å². The molecule has 10 heteroatoms. The Labute approximate surface area is 164 Å². The highest BCUT2D eigenvalue weighted by molar-refractivity contribution is 7.92. The van der Waals surface area contributed by atoms with Crippen molar-refractivity contribution in [1.29, 1.82) is 0 Å². The fourth-order valence-corrected chi connectivity index (χ4v) is 4.14. The Morgan fingerprint density at radius 2 is 1.68 bits per heavy atom. The Bertz CT molecular complexity index is 1120. The van der Waals surface area contributed by atoms with Crippen LogP contribution < -0.4 is 4.72 Å². The molecule has 0 bridgehead atoms. The summed E-state index contributed by atoms with van der Waals surface area (Å²) in [6.45, 7) is 3.34. The van der Waals surface area contributed by atoms with Gasteiger partial charge in [0.2, 0.25) is 0 Å². The monoisotopic (exact) mass is 429 g/mol. The van der Waals surface area contributed by atoms with Crippen molar-refractivity contribution >= 4 is 27.3 Å². The van der Waals surface area contributed by atoms with E-state index in [4.69, 9.17) is 11.6 Å². The maximum Gasteiger partial charge on any atom is 0.435 e. The first-order valence-corrected chi connectivity index (χ1v) is 9.86. The van der Waals surface area contributed by atoms with Gasteiger partial charge in [-0.15, -0.1) is 0 Å². The SMILES string of the molecule is Cc1cc(S(=O)(=O)Nc2ccc(-n3ccc(C(F)(F)F)n3)cc2)c(C)cc1Cl. The minimum atomic E-state index is -4.53. The summed E-state index contributed by atoms with van der Waals surface area (Å²) < 4.78 is 66.8. The lowest BCUT2D eigenvalue weighted by Gasteiger charge is -2.12. The number of nitrogens with one attached hydrogen (secondary N) is 1. The largest absolute Gasteiger partial charge is 0.435 e. The number of nitrogens with zero attached hydrogens (tertiary/aromatic N) is 2. The molecule has 0 aliphatic heterocycles. The van der Waals surface area contributed by atoms with Crippen LogP contribution in [0.15, 0.2) is 53.6 Å². The number of rotatable bonds is 4. The van der Waals surface area contributed by atoms with Crippen LogP contribution in [0.1, 0.15) is 16.8 Å². The summed E-state index contributed by atoms with van der Waals surface area (Å²) in [6, 6.07) is 9.74. The minimum absolute atomic E-state index is 0.0976. The van der Waals surface area contributed by atoms with Crippen molar-refractivity contribution in [2.75, 3.05) is 4.72 Å². The molecule has 0 fully saturated rings. The summed E-state index contributed by atoms with van der Waals surface area (Å²) in [4.78, 5) is 0.0976. The van der Waals surface area contributed by atoms with Gasteiger partial charge in [0.05, 0.1) is 10.6 Å². The smallest absolute Gasteiger partial charge is 0.280 e. The number of hydrogen-bond donors (Lipinski definition) is 1. The van der Waals surface area contributed by atoms with Crippen molar-refractivity contribution in [2.45, 2.75) is 24.9 Å². The predicted octanol–water partition coefficient (Wildman–Crippen LogP) is 4.96. The van der Waals surface area contributed by atoms with Crippen molar-refractivity contribution in [3.63, 3.8) is 0 Å². The second kappa shape index (κ2) is 7.14. The summed E-state index contributed by atoms with van der Waals surface area (Å²) in [5.41, 5.74) is 0.736. The first-order valence-electron chi connectivity index (χ1n) is 8.00. The second-order valence-corrected chi connectivity index (χ2v) is 8.22. The molecule has 0 saturated carbocycles. The lowest BCUT2D eigenvalue weighted by atomic mass is 10.2. The summed E-state index contributed by atoms with van der Waals surface area (Å²) in [7, 11) is -3.86. The Kier molecular flexibility index (Phi) is 5.16.